The molecule has 2 saturated heterocycles. The zero-order valence-electron chi connectivity index (χ0n) is 16.6. The van der Waals surface area contributed by atoms with E-state index in [-0.39, 0.29) is 0 Å². The van der Waals surface area contributed by atoms with Crippen LogP contribution >= 0.6 is 0 Å². The second-order valence-corrected chi connectivity index (χ2v) is 9.11. The van der Waals surface area contributed by atoms with Crippen LogP contribution in [0.5, 0.6) is 0 Å². The summed E-state index contributed by atoms with van der Waals surface area (Å²) in [5, 5.41) is 0. The standard InChI is InChI=1S/C21H37N3O2/c1-26-16-15-22-9-7-21(8-10-22)17-19(21)20(25)24-13-11-23(12-14-24)18-5-3-2-4-6-18/h18-19H,2-17H2,1H3. The van der Waals surface area contributed by atoms with Crippen LogP contribution in [0.4, 0.5) is 0 Å². The van der Waals surface area contributed by atoms with Crippen molar-refractivity contribution in [2.45, 2.75) is 57.4 Å². The summed E-state index contributed by atoms with van der Waals surface area (Å²) in [7, 11) is 1.77. The van der Waals surface area contributed by atoms with Gasteiger partial charge in [-0.15, -0.1) is 0 Å². The fourth-order valence-electron chi connectivity index (χ4n) is 5.67. The number of carbonyl (C=O) groups excluding carboxylic acids is 1. The molecule has 1 unspecified atom stereocenters. The Labute approximate surface area is 159 Å². The van der Waals surface area contributed by atoms with Crippen molar-refractivity contribution in [1.82, 2.24) is 14.7 Å². The van der Waals surface area contributed by atoms with Gasteiger partial charge in [-0.05, 0) is 50.6 Å². The molecular formula is C21H37N3O2. The van der Waals surface area contributed by atoms with Crippen LogP contribution in [0, 0.1) is 11.3 Å². The number of rotatable bonds is 5. The average Bonchev–Trinajstić information content (AvgIpc) is 3.41. The first-order valence-electron chi connectivity index (χ1n) is 11.0. The van der Waals surface area contributed by atoms with E-state index in [1.165, 1.54) is 44.9 Å². The number of piperidine rings is 1. The molecule has 1 atom stereocenters. The van der Waals surface area contributed by atoms with Crippen molar-refractivity contribution in [3.05, 3.63) is 0 Å². The van der Waals surface area contributed by atoms with E-state index in [0.29, 0.717) is 17.2 Å². The largest absolute Gasteiger partial charge is 0.383 e. The molecule has 0 N–H and O–H groups in total. The molecule has 148 valence electrons. The fourth-order valence-corrected chi connectivity index (χ4v) is 5.67. The van der Waals surface area contributed by atoms with Crippen LogP contribution in [0.3, 0.4) is 0 Å². The van der Waals surface area contributed by atoms with E-state index in [1.807, 2.05) is 0 Å². The zero-order chi connectivity index (χ0) is 18.0. The molecule has 5 heteroatoms. The highest BCUT2D eigenvalue weighted by Crippen LogP contribution is 2.60. The molecule has 0 aromatic rings. The van der Waals surface area contributed by atoms with Gasteiger partial charge in [-0.3, -0.25) is 9.69 Å². The number of hydrogen-bond acceptors (Lipinski definition) is 4. The van der Waals surface area contributed by atoms with Gasteiger partial charge in [0.1, 0.15) is 0 Å². The highest BCUT2D eigenvalue weighted by molar-refractivity contribution is 5.83. The summed E-state index contributed by atoms with van der Waals surface area (Å²) < 4.78 is 5.20. The predicted octanol–water partition coefficient (Wildman–Crippen LogP) is 2.21. The van der Waals surface area contributed by atoms with Crippen molar-refractivity contribution in [2.24, 2.45) is 11.3 Å². The number of nitrogens with zero attached hydrogens (tertiary/aromatic N) is 3. The lowest BCUT2D eigenvalue weighted by Gasteiger charge is -2.41. The number of carbonyl (C=O) groups is 1. The van der Waals surface area contributed by atoms with E-state index >= 15 is 0 Å². The molecule has 0 bridgehead atoms. The van der Waals surface area contributed by atoms with Gasteiger partial charge in [-0.2, -0.15) is 0 Å². The molecule has 2 aliphatic heterocycles. The van der Waals surface area contributed by atoms with Crippen molar-refractivity contribution >= 4 is 5.91 Å². The van der Waals surface area contributed by atoms with Gasteiger partial charge in [0, 0.05) is 51.8 Å². The van der Waals surface area contributed by atoms with Crippen molar-refractivity contribution in [2.75, 3.05) is 59.5 Å². The topological polar surface area (TPSA) is 36.0 Å². The predicted molar refractivity (Wildman–Crippen MR) is 103 cm³/mol. The van der Waals surface area contributed by atoms with Gasteiger partial charge in [-0.1, -0.05) is 19.3 Å². The maximum Gasteiger partial charge on any atom is 0.226 e. The molecule has 1 spiro atoms. The average molecular weight is 364 g/mol. The van der Waals surface area contributed by atoms with Crippen LogP contribution < -0.4 is 0 Å². The lowest BCUT2D eigenvalue weighted by Crippen LogP contribution is -2.53. The minimum Gasteiger partial charge on any atom is -0.383 e. The molecule has 4 fully saturated rings. The molecular weight excluding hydrogens is 326 g/mol. The highest BCUT2D eigenvalue weighted by atomic mass is 16.5. The van der Waals surface area contributed by atoms with Gasteiger partial charge in [0.05, 0.1) is 6.61 Å². The molecule has 0 radical (unpaired) electrons. The van der Waals surface area contributed by atoms with Crippen molar-refractivity contribution in [1.29, 1.82) is 0 Å². The summed E-state index contributed by atoms with van der Waals surface area (Å²) >= 11 is 0. The van der Waals surface area contributed by atoms with Crippen molar-refractivity contribution in [3.63, 3.8) is 0 Å². The van der Waals surface area contributed by atoms with E-state index in [9.17, 15) is 4.79 Å². The molecule has 0 aromatic heterocycles. The van der Waals surface area contributed by atoms with Crippen LogP contribution in [0.25, 0.3) is 0 Å². The third-order valence-electron chi connectivity index (χ3n) is 7.67. The van der Waals surface area contributed by atoms with Crippen molar-refractivity contribution < 1.29 is 9.53 Å². The van der Waals surface area contributed by atoms with Gasteiger partial charge in [0.25, 0.3) is 0 Å². The van der Waals surface area contributed by atoms with E-state index in [2.05, 4.69) is 14.7 Å². The number of ether oxygens (including phenoxy) is 1. The number of hydrogen-bond donors (Lipinski definition) is 0. The number of piperazine rings is 1. The van der Waals surface area contributed by atoms with Gasteiger partial charge in [-0.25, -0.2) is 0 Å². The maximum absolute atomic E-state index is 13.0. The monoisotopic (exact) mass is 363 g/mol. The summed E-state index contributed by atoms with van der Waals surface area (Å²) in [5.74, 6) is 0.798. The van der Waals surface area contributed by atoms with Gasteiger partial charge >= 0.3 is 0 Å². The van der Waals surface area contributed by atoms with Crippen LogP contribution in [-0.4, -0.2) is 86.2 Å². The third-order valence-corrected chi connectivity index (χ3v) is 7.67. The molecule has 0 aromatic carbocycles. The molecule has 2 aliphatic carbocycles. The van der Waals surface area contributed by atoms with Gasteiger partial charge in [0.15, 0.2) is 0 Å². The Balaban J connectivity index is 1.21. The normalized spacial score (nSPS) is 30.7. The van der Waals surface area contributed by atoms with Crippen LogP contribution in [0.15, 0.2) is 0 Å². The minimum absolute atomic E-state index is 0.327. The molecule has 1 amide bonds. The highest BCUT2D eigenvalue weighted by Gasteiger charge is 2.59. The Morgan fingerprint density at radius 1 is 1.00 bits per heavy atom. The third kappa shape index (κ3) is 3.95. The molecule has 4 rings (SSSR count). The number of methoxy groups -OCH3 is 1. The Kier molecular flexibility index (Phi) is 5.87. The van der Waals surface area contributed by atoms with E-state index < -0.39 is 0 Å². The second-order valence-electron chi connectivity index (χ2n) is 9.11. The lowest BCUT2D eigenvalue weighted by atomic mass is 9.90. The second kappa shape index (κ2) is 8.15. The van der Waals surface area contributed by atoms with Gasteiger partial charge < -0.3 is 14.5 Å². The Bertz CT molecular complexity index is 476. The van der Waals surface area contributed by atoms with E-state index in [0.717, 1.165) is 64.9 Å². The van der Waals surface area contributed by atoms with Crippen LogP contribution in [0.2, 0.25) is 0 Å². The molecule has 4 aliphatic rings. The molecule has 26 heavy (non-hydrogen) atoms. The quantitative estimate of drug-likeness (QED) is 0.750. The summed E-state index contributed by atoms with van der Waals surface area (Å²) in [4.78, 5) is 20.4. The minimum atomic E-state index is 0.327. The van der Waals surface area contributed by atoms with Crippen LogP contribution in [-0.2, 0) is 9.53 Å². The Morgan fingerprint density at radius 3 is 2.35 bits per heavy atom. The Morgan fingerprint density at radius 2 is 1.69 bits per heavy atom. The van der Waals surface area contributed by atoms with Gasteiger partial charge in [0.2, 0.25) is 5.91 Å². The fraction of sp³-hybridized carbons (Fsp3) is 0.952. The first kappa shape index (κ1) is 18.7. The van der Waals surface area contributed by atoms with Crippen molar-refractivity contribution in [3.8, 4) is 0 Å². The molecule has 2 heterocycles. The zero-order valence-corrected chi connectivity index (χ0v) is 16.6. The Hall–Kier alpha value is -0.650. The first-order valence-corrected chi connectivity index (χ1v) is 11.0. The molecule has 2 saturated carbocycles. The SMILES string of the molecule is COCCN1CCC2(CC1)CC2C(=O)N1CCN(C2CCCCC2)CC1. The number of amides is 1. The number of likely N-dealkylation sites (tertiary alicyclic amines) is 1. The summed E-state index contributed by atoms with van der Waals surface area (Å²) in [6, 6.07) is 0.796. The first-order chi connectivity index (χ1) is 12.7. The maximum atomic E-state index is 13.0. The molecule has 5 nitrogen and oxygen atoms in total. The van der Waals surface area contributed by atoms with Crippen LogP contribution in [0.1, 0.15) is 51.4 Å². The summed E-state index contributed by atoms with van der Waals surface area (Å²) in [6.45, 7) is 8.26. The van der Waals surface area contributed by atoms with E-state index in [1.54, 1.807) is 7.11 Å². The van der Waals surface area contributed by atoms with E-state index in [4.69, 9.17) is 4.74 Å². The lowest BCUT2D eigenvalue weighted by molar-refractivity contribution is -0.136. The summed E-state index contributed by atoms with van der Waals surface area (Å²) in [6.07, 6.45) is 10.5. The smallest absolute Gasteiger partial charge is 0.226 e. The summed E-state index contributed by atoms with van der Waals surface area (Å²) in [5.41, 5.74) is 0.348.